The zero-order chi connectivity index (χ0) is 10.3. The van der Waals surface area contributed by atoms with Gasteiger partial charge in [0, 0.05) is 22.6 Å². The van der Waals surface area contributed by atoms with Crippen molar-refractivity contribution in [1.29, 1.82) is 0 Å². The van der Waals surface area contributed by atoms with Crippen molar-refractivity contribution in [3.05, 3.63) is 0 Å². The second-order valence-corrected chi connectivity index (χ2v) is 5.51. The second kappa shape index (κ2) is 3.49. The van der Waals surface area contributed by atoms with Crippen LogP contribution in [0.25, 0.3) is 0 Å². The van der Waals surface area contributed by atoms with Crippen LogP contribution in [0.5, 0.6) is 0 Å². The maximum Gasteiger partial charge on any atom is 0.404 e. The van der Waals surface area contributed by atoms with E-state index in [2.05, 4.69) is 33.2 Å². The molecular weight excluding hydrogens is 299 g/mol. The molecule has 80 valence electrons. The molecule has 1 saturated heterocycles. The molecule has 0 spiro atoms. The molecule has 2 rings (SSSR count). The van der Waals surface area contributed by atoms with Crippen LogP contribution in [0.3, 0.4) is 0 Å². The number of carboxylic acid groups (broad SMARTS) is 1. The number of hydrogen-bond acceptors (Lipinski definition) is 3. The van der Waals surface area contributed by atoms with Gasteiger partial charge in [-0.2, -0.15) is 0 Å². The molecule has 1 amide bonds. The predicted molar refractivity (Wildman–Crippen MR) is 58.7 cm³/mol. The molecular formula is C8H13IN2O3. The van der Waals surface area contributed by atoms with Crippen LogP contribution in [0.2, 0.25) is 0 Å². The van der Waals surface area contributed by atoms with Crippen molar-refractivity contribution in [2.24, 2.45) is 0 Å². The first-order valence-corrected chi connectivity index (χ1v) is 5.86. The van der Waals surface area contributed by atoms with E-state index in [1.165, 1.54) is 0 Å². The van der Waals surface area contributed by atoms with Gasteiger partial charge in [0.25, 0.3) is 0 Å². The first-order valence-electron chi connectivity index (χ1n) is 4.61. The third kappa shape index (κ3) is 1.82. The molecule has 14 heavy (non-hydrogen) atoms. The summed E-state index contributed by atoms with van der Waals surface area (Å²) >= 11 is 2.23. The van der Waals surface area contributed by atoms with Crippen LogP contribution in [-0.2, 0) is 0 Å². The third-order valence-corrected chi connectivity index (χ3v) is 4.47. The number of nitrogens with one attached hydrogen (secondary N) is 2. The Kier molecular flexibility index (Phi) is 2.61. The Morgan fingerprint density at radius 2 is 2.29 bits per heavy atom. The average molecular weight is 312 g/mol. The van der Waals surface area contributed by atoms with Crippen molar-refractivity contribution in [1.82, 2.24) is 10.6 Å². The van der Waals surface area contributed by atoms with E-state index in [4.69, 9.17) is 5.11 Å². The third-order valence-electron chi connectivity index (χ3n) is 2.95. The molecule has 1 aliphatic carbocycles. The lowest BCUT2D eigenvalue weighted by Crippen LogP contribution is -2.38. The van der Waals surface area contributed by atoms with Crippen LogP contribution in [0.4, 0.5) is 4.79 Å². The molecule has 2 unspecified atom stereocenters. The van der Waals surface area contributed by atoms with Crippen LogP contribution in [0.1, 0.15) is 12.8 Å². The lowest BCUT2D eigenvalue weighted by Gasteiger charge is -2.17. The normalized spacial score (nSPS) is 46.3. The lowest BCUT2D eigenvalue weighted by molar-refractivity contribution is 0.113. The predicted octanol–water partition coefficient (Wildman–Crippen LogP) is -0.0771. The summed E-state index contributed by atoms with van der Waals surface area (Å²) in [5, 5.41) is 24.1. The Bertz CT molecular complexity index is 263. The summed E-state index contributed by atoms with van der Waals surface area (Å²) in [6.07, 6.45) is 0.499. The van der Waals surface area contributed by atoms with Gasteiger partial charge < -0.3 is 20.8 Å². The van der Waals surface area contributed by atoms with Crippen molar-refractivity contribution >= 4 is 28.7 Å². The van der Waals surface area contributed by atoms with Crippen LogP contribution >= 0.6 is 22.6 Å². The Balaban J connectivity index is 1.86. The van der Waals surface area contributed by atoms with E-state index in [0.717, 1.165) is 6.42 Å². The lowest BCUT2D eigenvalue weighted by atomic mass is 10.1. The fourth-order valence-corrected chi connectivity index (χ4v) is 3.13. The summed E-state index contributed by atoms with van der Waals surface area (Å²) in [6, 6.07) is -0.0213. The van der Waals surface area contributed by atoms with Gasteiger partial charge in [0.1, 0.15) is 0 Å². The van der Waals surface area contributed by atoms with Crippen LogP contribution in [-0.4, -0.2) is 44.5 Å². The summed E-state index contributed by atoms with van der Waals surface area (Å²) in [5.74, 6) is 0. The van der Waals surface area contributed by atoms with Crippen molar-refractivity contribution in [3.8, 4) is 0 Å². The van der Waals surface area contributed by atoms with E-state index in [1.54, 1.807) is 0 Å². The number of rotatable bonds is 2. The SMILES string of the molecule is O=C(O)N[C@@H]1CN[C@H](C2(O)CC2I)C1. The van der Waals surface area contributed by atoms with E-state index in [1.807, 2.05) is 0 Å². The fraction of sp³-hybridized carbons (Fsp3) is 0.875. The molecule has 0 bridgehead atoms. The standard InChI is InChI=1S/C8H13IN2O3/c9-5-2-8(5,14)6-1-4(3-10-6)11-7(12)13/h4-6,10-11,14H,1-3H2,(H,12,13)/t4-,5?,6-,8?/m0/s1. The molecule has 4 atom stereocenters. The first-order chi connectivity index (χ1) is 6.52. The zero-order valence-electron chi connectivity index (χ0n) is 7.53. The van der Waals surface area contributed by atoms with Gasteiger partial charge in [-0.15, -0.1) is 0 Å². The second-order valence-electron chi connectivity index (χ2n) is 4.01. The molecule has 0 aromatic heterocycles. The van der Waals surface area contributed by atoms with Gasteiger partial charge in [0.05, 0.1) is 5.60 Å². The topological polar surface area (TPSA) is 81.6 Å². The minimum absolute atomic E-state index is 0.0428. The van der Waals surface area contributed by atoms with Gasteiger partial charge in [-0.1, -0.05) is 22.6 Å². The van der Waals surface area contributed by atoms with Gasteiger partial charge in [0.2, 0.25) is 0 Å². The van der Waals surface area contributed by atoms with Crippen molar-refractivity contribution in [3.63, 3.8) is 0 Å². The van der Waals surface area contributed by atoms with Crippen LogP contribution in [0.15, 0.2) is 0 Å². The zero-order valence-corrected chi connectivity index (χ0v) is 9.69. The van der Waals surface area contributed by atoms with Gasteiger partial charge in [-0.3, -0.25) is 0 Å². The smallest absolute Gasteiger partial charge is 0.404 e. The van der Waals surface area contributed by atoms with E-state index in [0.29, 0.717) is 16.9 Å². The molecule has 1 aliphatic heterocycles. The summed E-state index contributed by atoms with van der Waals surface area (Å²) in [7, 11) is 0. The van der Waals surface area contributed by atoms with Gasteiger partial charge in [0.15, 0.2) is 0 Å². The molecule has 1 saturated carbocycles. The van der Waals surface area contributed by atoms with Crippen molar-refractivity contribution in [2.75, 3.05) is 6.54 Å². The molecule has 1 heterocycles. The highest BCUT2D eigenvalue weighted by Gasteiger charge is 2.58. The van der Waals surface area contributed by atoms with E-state index < -0.39 is 11.7 Å². The summed E-state index contributed by atoms with van der Waals surface area (Å²) in [4.78, 5) is 10.4. The molecule has 0 aromatic rings. The number of hydrogen-bond donors (Lipinski definition) is 4. The maximum absolute atomic E-state index is 10.4. The number of aliphatic hydroxyl groups is 1. The summed E-state index contributed by atoms with van der Waals surface area (Å²) in [6.45, 7) is 0.614. The molecule has 2 fully saturated rings. The number of amides is 1. The molecule has 5 nitrogen and oxygen atoms in total. The summed E-state index contributed by atoms with van der Waals surface area (Å²) < 4.78 is 0.307. The maximum atomic E-state index is 10.4. The molecule has 4 N–H and O–H groups in total. The number of halogens is 1. The van der Waals surface area contributed by atoms with Crippen molar-refractivity contribution in [2.45, 2.75) is 34.5 Å². The number of alkyl halides is 1. The molecule has 0 aromatic carbocycles. The minimum atomic E-state index is -0.994. The van der Waals surface area contributed by atoms with Gasteiger partial charge in [-0.05, 0) is 12.8 Å². The largest absolute Gasteiger partial charge is 0.465 e. The molecule has 0 radical (unpaired) electrons. The van der Waals surface area contributed by atoms with E-state index in [9.17, 15) is 9.90 Å². The highest BCUT2D eigenvalue weighted by molar-refractivity contribution is 14.1. The molecule has 2 aliphatic rings. The van der Waals surface area contributed by atoms with Gasteiger partial charge in [-0.25, -0.2) is 4.79 Å². The van der Waals surface area contributed by atoms with Crippen molar-refractivity contribution < 1.29 is 15.0 Å². The van der Waals surface area contributed by atoms with E-state index in [-0.39, 0.29) is 12.1 Å². The Morgan fingerprint density at radius 3 is 2.79 bits per heavy atom. The quantitative estimate of drug-likeness (QED) is 0.425. The number of carbonyl (C=O) groups is 1. The Morgan fingerprint density at radius 1 is 1.64 bits per heavy atom. The monoisotopic (exact) mass is 312 g/mol. The highest BCUT2D eigenvalue weighted by atomic mass is 127. The Hall–Kier alpha value is -0.0800. The first kappa shape index (κ1) is 10.4. The van der Waals surface area contributed by atoms with Crippen LogP contribution < -0.4 is 10.6 Å². The Labute approximate surface area is 95.4 Å². The van der Waals surface area contributed by atoms with Gasteiger partial charge >= 0.3 is 6.09 Å². The van der Waals surface area contributed by atoms with Crippen LogP contribution in [0, 0.1) is 0 Å². The highest BCUT2D eigenvalue weighted by Crippen LogP contribution is 2.47. The minimum Gasteiger partial charge on any atom is -0.465 e. The fourth-order valence-electron chi connectivity index (χ4n) is 1.99. The van der Waals surface area contributed by atoms with E-state index >= 15 is 0 Å². The summed E-state index contributed by atoms with van der Waals surface area (Å²) in [5.41, 5.74) is -0.602. The molecule has 6 heteroatoms. The average Bonchev–Trinajstić information content (AvgIpc) is 2.54.